The summed E-state index contributed by atoms with van der Waals surface area (Å²) in [5.41, 5.74) is 3.35. The number of halogens is 3. The molecule has 1 N–H and O–H groups in total. The lowest BCUT2D eigenvalue weighted by atomic mass is 9.82. The second kappa shape index (κ2) is 14.2. The molecule has 0 spiro atoms. The van der Waals surface area contributed by atoms with Gasteiger partial charge in [0.15, 0.2) is 0 Å². The van der Waals surface area contributed by atoms with Gasteiger partial charge in [0.25, 0.3) is 5.91 Å². The van der Waals surface area contributed by atoms with Gasteiger partial charge in [-0.2, -0.15) is 13.2 Å². The average Bonchev–Trinajstić information content (AvgIpc) is 3.77. The zero-order chi connectivity index (χ0) is 36.0. The fraction of sp³-hybridized carbons (Fsp3) is 0.368. The van der Waals surface area contributed by atoms with E-state index in [0.717, 1.165) is 75.8 Å². The number of carbonyl (C=O) groups is 2. The summed E-state index contributed by atoms with van der Waals surface area (Å²) in [6.45, 7) is 9.76. The number of carbonyl (C=O) groups excluding carboxylic acids is 2. The van der Waals surface area contributed by atoms with Crippen molar-refractivity contribution in [1.29, 1.82) is 0 Å². The first-order chi connectivity index (χ1) is 23.6. The maximum atomic E-state index is 13.3. The van der Waals surface area contributed by atoms with E-state index in [4.69, 9.17) is 0 Å². The molecule has 2 heterocycles. The predicted molar refractivity (Wildman–Crippen MR) is 197 cm³/mol. The number of amides is 1. The van der Waals surface area contributed by atoms with Gasteiger partial charge in [-0.05, 0) is 116 Å². The topological polar surface area (TPSA) is 85.2 Å². The number of allylic oxidation sites excluding steroid dienone is 2. The Morgan fingerprint density at radius 2 is 1.78 bits per heavy atom. The van der Waals surface area contributed by atoms with E-state index in [0.29, 0.717) is 28.9 Å². The van der Waals surface area contributed by atoms with E-state index in [1.165, 1.54) is 30.4 Å². The average molecular weight is 741 g/mol. The number of rotatable bonds is 11. The van der Waals surface area contributed by atoms with Crippen LogP contribution in [0.2, 0.25) is 0 Å². The fourth-order valence-electron chi connectivity index (χ4n) is 6.90. The summed E-state index contributed by atoms with van der Waals surface area (Å²) in [6, 6.07) is 12.0. The SMILES string of the molecule is C=C(/C=C\c1c(C)ccc(-c2c(C3CCCCC3)c3sc(C(=O)NS(=O)(=O)C4CC4)cc3n2CC(C)=O)c1C)c1cccc(SC(F)(F)F)c1. The molecule has 2 fully saturated rings. The Bertz CT molecular complexity index is 2130. The number of Topliss-reactive ketones (excluding diaryl/α,β-unsaturated/α-hetero) is 1. The highest BCUT2D eigenvalue weighted by molar-refractivity contribution is 8.00. The molecule has 6 nitrogen and oxygen atoms in total. The van der Waals surface area contributed by atoms with E-state index in [1.807, 2.05) is 36.6 Å². The summed E-state index contributed by atoms with van der Waals surface area (Å²) >= 11 is 1.12. The third kappa shape index (κ3) is 7.82. The number of hydrogen-bond donors (Lipinski definition) is 1. The molecule has 2 aliphatic carbocycles. The molecule has 2 aromatic carbocycles. The molecule has 4 aromatic rings. The van der Waals surface area contributed by atoms with Gasteiger partial charge in [-0.15, -0.1) is 11.3 Å². The van der Waals surface area contributed by atoms with E-state index < -0.39 is 26.7 Å². The van der Waals surface area contributed by atoms with Crippen molar-refractivity contribution >= 4 is 66.7 Å². The molecule has 0 radical (unpaired) electrons. The quantitative estimate of drug-likeness (QED) is 0.122. The molecule has 0 atom stereocenters. The van der Waals surface area contributed by atoms with Crippen LogP contribution in [-0.2, 0) is 21.4 Å². The Kier molecular flexibility index (Phi) is 10.3. The Hall–Kier alpha value is -3.61. The van der Waals surface area contributed by atoms with E-state index in [2.05, 4.69) is 17.4 Å². The molecule has 0 unspecified atom stereocenters. The van der Waals surface area contributed by atoms with Crippen LogP contribution in [0.5, 0.6) is 0 Å². The summed E-state index contributed by atoms with van der Waals surface area (Å²) in [5.74, 6) is -0.509. The van der Waals surface area contributed by atoms with Crippen molar-refractivity contribution in [3.63, 3.8) is 0 Å². The number of sulfonamides is 1. The number of ketones is 1. The van der Waals surface area contributed by atoms with Crippen molar-refractivity contribution in [1.82, 2.24) is 9.29 Å². The first-order valence-electron chi connectivity index (χ1n) is 16.7. The molecule has 2 aromatic heterocycles. The lowest BCUT2D eigenvalue weighted by Gasteiger charge is -2.24. The van der Waals surface area contributed by atoms with Crippen molar-refractivity contribution in [3.05, 3.63) is 87.8 Å². The van der Waals surface area contributed by atoms with Gasteiger partial charge in [0.1, 0.15) is 5.78 Å². The van der Waals surface area contributed by atoms with Crippen LogP contribution in [0.1, 0.15) is 95.3 Å². The largest absolute Gasteiger partial charge is 0.446 e. The molecule has 12 heteroatoms. The van der Waals surface area contributed by atoms with Crippen LogP contribution in [0.3, 0.4) is 0 Å². The summed E-state index contributed by atoms with van der Waals surface area (Å²) < 4.78 is 69.4. The Morgan fingerprint density at radius 1 is 1.06 bits per heavy atom. The number of benzene rings is 2. The van der Waals surface area contributed by atoms with Gasteiger partial charge in [-0.25, -0.2) is 13.1 Å². The number of nitrogens with one attached hydrogen (secondary N) is 1. The number of nitrogens with zero attached hydrogens (tertiary/aromatic N) is 1. The van der Waals surface area contributed by atoms with Crippen LogP contribution >= 0.6 is 23.1 Å². The van der Waals surface area contributed by atoms with Crippen molar-refractivity contribution < 1.29 is 31.2 Å². The smallest absolute Gasteiger partial charge is 0.332 e. The van der Waals surface area contributed by atoms with E-state index in [-0.39, 0.29) is 34.9 Å². The Balaban J connectivity index is 1.44. The van der Waals surface area contributed by atoms with Gasteiger partial charge < -0.3 is 4.57 Å². The molecule has 1 amide bonds. The highest BCUT2D eigenvalue weighted by Gasteiger charge is 2.38. The number of thioether (sulfide) groups is 1. The molecule has 0 saturated heterocycles. The Morgan fingerprint density at radius 3 is 2.44 bits per heavy atom. The summed E-state index contributed by atoms with van der Waals surface area (Å²) in [4.78, 5) is 26.4. The van der Waals surface area contributed by atoms with Crippen molar-refractivity contribution in [2.45, 2.75) is 93.8 Å². The van der Waals surface area contributed by atoms with Crippen molar-refractivity contribution in [3.8, 4) is 11.3 Å². The van der Waals surface area contributed by atoms with E-state index >= 15 is 0 Å². The monoisotopic (exact) mass is 740 g/mol. The molecule has 0 aliphatic heterocycles. The maximum Gasteiger partial charge on any atom is 0.446 e. The standard InChI is InChI=1S/C38H39F3N2O4S3/c1-22(27-11-8-12-28(19-27)49-38(39,40)41)13-17-30-23(2)14-18-31(25(30)4)35-34(26-9-6-5-7-10-26)36-32(43(35)21-24(3)44)20-33(48-36)37(45)42-50(46,47)29-15-16-29/h8,11-14,17-20,26,29H,1,5-7,9-10,15-16,21H2,2-4H3,(H,42,45)/b17-13-. The summed E-state index contributed by atoms with van der Waals surface area (Å²) in [5, 5.41) is -0.528. The number of alkyl halides is 3. The van der Waals surface area contributed by atoms with Crippen LogP contribution in [0.15, 0.2) is 60.0 Å². The normalized spacial score (nSPS) is 16.0. The Labute approximate surface area is 298 Å². The summed E-state index contributed by atoms with van der Waals surface area (Å²) in [7, 11) is -3.73. The summed E-state index contributed by atoms with van der Waals surface area (Å²) in [6.07, 6.45) is 10.0. The number of thiophene rings is 1. The number of aryl methyl sites for hydroxylation is 1. The number of fused-ring (bicyclic) bond motifs is 1. The van der Waals surface area contributed by atoms with Crippen molar-refractivity contribution in [2.75, 3.05) is 0 Å². The minimum Gasteiger partial charge on any atom is -0.332 e. The molecule has 6 rings (SSSR count). The van der Waals surface area contributed by atoms with Gasteiger partial charge >= 0.3 is 5.51 Å². The van der Waals surface area contributed by atoms with Crippen LogP contribution in [0.4, 0.5) is 13.2 Å². The van der Waals surface area contributed by atoms with Crippen molar-refractivity contribution in [2.24, 2.45) is 0 Å². The van der Waals surface area contributed by atoms with Gasteiger partial charge in [0, 0.05) is 10.5 Å². The molecule has 50 heavy (non-hydrogen) atoms. The third-order valence-corrected chi connectivity index (χ3v) is 13.2. The van der Waals surface area contributed by atoms with Crippen LogP contribution in [-0.4, -0.2) is 35.4 Å². The van der Waals surface area contributed by atoms with Gasteiger partial charge in [-0.3, -0.25) is 9.59 Å². The van der Waals surface area contributed by atoms with Crippen LogP contribution < -0.4 is 4.72 Å². The van der Waals surface area contributed by atoms with E-state index in [9.17, 15) is 31.2 Å². The highest BCUT2D eigenvalue weighted by atomic mass is 32.2. The third-order valence-electron chi connectivity index (χ3n) is 9.47. The molecular formula is C38H39F3N2O4S3. The van der Waals surface area contributed by atoms with Crippen LogP contribution in [0, 0.1) is 13.8 Å². The predicted octanol–water partition coefficient (Wildman–Crippen LogP) is 10.2. The molecule has 0 bridgehead atoms. The zero-order valence-electron chi connectivity index (χ0n) is 28.2. The number of hydrogen-bond acceptors (Lipinski definition) is 6. The highest BCUT2D eigenvalue weighted by Crippen LogP contribution is 2.48. The fourth-order valence-corrected chi connectivity index (χ4v) is 10.0. The lowest BCUT2D eigenvalue weighted by Crippen LogP contribution is -2.32. The molecule has 2 saturated carbocycles. The van der Waals surface area contributed by atoms with E-state index in [1.54, 1.807) is 18.2 Å². The minimum atomic E-state index is -4.39. The minimum absolute atomic E-state index is 0.0565. The van der Waals surface area contributed by atoms with Crippen LogP contribution in [0.25, 0.3) is 33.1 Å². The first-order valence-corrected chi connectivity index (χ1v) is 19.9. The van der Waals surface area contributed by atoms with Gasteiger partial charge in [-0.1, -0.05) is 62.3 Å². The molecule has 264 valence electrons. The lowest BCUT2D eigenvalue weighted by molar-refractivity contribution is -0.117. The van der Waals surface area contributed by atoms with Gasteiger partial charge in [0.2, 0.25) is 10.0 Å². The second-order valence-corrected chi connectivity index (χ2v) is 17.4. The zero-order valence-corrected chi connectivity index (χ0v) is 30.6. The second-order valence-electron chi connectivity index (χ2n) is 13.3. The molecular weight excluding hydrogens is 702 g/mol. The maximum absolute atomic E-state index is 13.3. The first kappa shape index (κ1) is 36.2. The van der Waals surface area contributed by atoms with Gasteiger partial charge in [0.05, 0.1) is 32.6 Å². The molecule has 2 aliphatic rings. The number of aromatic nitrogens is 1.